The molecular weight excluding hydrogens is 456 g/mol. The minimum absolute atomic E-state index is 0.0502. The van der Waals surface area contributed by atoms with E-state index >= 15 is 0 Å². The molecule has 1 aromatic heterocycles. The molecule has 0 bridgehead atoms. The Morgan fingerprint density at radius 3 is 2.52 bits per heavy atom. The van der Waals surface area contributed by atoms with Gasteiger partial charge in [0.1, 0.15) is 0 Å². The Labute approximate surface area is 178 Å². The maximum atomic E-state index is 12.7. The van der Waals surface area contributed by atoms with Gasteiger partial charge in [0, 0.05) is 43.1 Å². The molecule has 3 rings (SSSR count). The molecule has 0 aliphatic carbocycles. The minimum atomic E-state index is -3.67. The minimum Gasteiger partial charge on any atom is -0.348 e. The lowest BCUT2D eigenvalue weighted by Crippen LogP contribution is -2.25. The van der Waals surface area contributed by atoms with Crippen LogP contribution in [0.15, 0.2) is 70.3 Å². The van der Waals surface area contributed by atoms with Crippen LogP contribution in [0.3, 0.4) is 0 Å². The molecule has 0 aliphatic rings. The van der Waals surface area contributed by atoms with Gasteiger partial charge in [-0.15, -0.1) is 0 Å². The van der Waals surface area contributed by atoms with Crippen LogP contribution in [0.4, 0.5) is 0 Å². The number of aromatic nitrogens is 2. The molecule has 0 spiro atoms. The SMILES string of the molecule is CN(C)S(=O)(=O)c1cc(C(=O)NCc2ccccc2Cn2cccn2)ccc1Br. The quantitative estimate of drug-likeness (QED) is 0.567. The van der Waals surface area contributed by atoms with E-state index in [1.807, 2.05) is 41.2 Å². The molecule has 1 heterocycles. The first-order valence-corrected chi connectivity index (χ1v) is 11.1. The number of nitrogens with zero attached hydrogens (tertiary/aromatic N) is 3. The molecule has 1 amide bonds. The van der Waals surface area contributed by atoms with Gasteiger partial charge in [-0.05, 0) is 51.3 Å². The van der Waals surface area contributed by atoms with E-state index in [0.29, 0.717) is 17.6 Å². The summed E-state index contributed by atoms with van der Waals surface area (Å²) in [6.45, 7) is 0.921. The number of hydrogen-bond donors (Lipinski definition) is 1. The van der Waals surface area contributed by atoms with Crippen molar-refractivity contribution in [3.63, 3.8) is 0 Å². The number of sulfonamides is 1. The molecular formula is C20H21BrN4O3S. The monoisotopic (exact) mass is 476 g/mol. The van der Waals surface area contributed by atoms with Gasteiger partial charge in [-0.1, -0.05) is 24.3 Å². The highest BCUT2D eigenvalue weighted by atomic mass is 79.9. The molecule has 0 radical (unpaired) electrons. The summed E-state index contributed by atoms with van der Waals surface area (Å²) < 4.78 is 28.3. The maximum absolute atomic E-state index is 12.7. The highest BCUT2D eigenvalue weighted by molar-refractivity contribution is 9.10. The Morgan fingerprint density at radius 1 is 1.14 bits per heavy atom. The second kappa shape index (κ2) is 8.89. The van der Waals surface area contributed by atoms with Crippen molar-refractivity contribution in [1.82, 2.24) is 19.4 Å². The van der Waals surface area contributed by atoms with Crippen molar-refractivity contribution in [3.8, 4) is 0 Å². The molecule has 0 saturated carbocycles. The van der Waals surface area contributed by atoms with Crippen LogP contribution in [-0.2, 0) is 23.1 Å². The molecule has 2 aromatic carbocycles. The summed E-state index contributed by atoms with van der Waals surface area (Å²) in [5, 5.41) is 7.08. The summed E-state index contributed by atoms with van der Waals surface area (Å²) in [5.41, 5.74) is 2.29. The summed E-state index contributed by atoms with van der Waals surface area (Å²) in [6.07, 6.45) is 3.60. The standard InChI is InChI=1S/C20H21BrN4O3S/c1-24(2)29(27,28)19-12-15(8-9-18(19)21)20(26)22-13-16-6-3-4-7-17(16)14-25-11-5-10-23-25/h3-12H,13-14H2,1-2H3,(H,22,26). The highest BCUT2D eigenvalue weighted by Crippen LogP contribution is 2.25. The van der Waals surface area contributed by atoms with Crippen LogP contribution < -0.4 is 5.32 Å². The van der Waals surface area contributed by atoms with Gasteiger partial charge in [-0.2, -0.15) is 5.10 Å². The number of halogens is 1. The van der Waals surface area contributed by atoms with Crippen LogP contribution in [-0.4, -0.2) is 42.5 Å². The second-order valence-corrected chi connectivity index (χ2v) is 9.56. The van der Waals surface area contributed by atoms with Gasteiger partial charge in [0.15, 0.2) is 0 Å². The van der Waals surface area contributed by atoms with Crippen molar-refractivity contribution in [1.29, 1.82) is 0 Å². The van der Waals surface area contributed by atoms with Crippen molar-refractivity contribution in [2.45, 2.75) is 18.0 Å². The predicted molar refractivity (Wildman–Crippen MR) is 114 cm³/mol. The van der Waals surface area contributed by atoms with Gasteiger partial charge in [-0.3, -0.25) is 9.48 Å². The fourth-order valence-electron chi connectivity index (χ4n) is 2.77. The van der Waals surface area contributed by atoms with Gasteiger partial charge >= 0.3 is 0 Å². The summed E-state index contributed by atoms with van der Waals surface area (Å²) >= 11 is 3.25. The lowest BCUT2D eigenvalue weighted by atomic mass is 10.1. The van der Waals surface area contributed by atoms with Crippen LogP contribution in [0.2, 0.25) is 0 Å². The van der Waals surface area contributed by atoms with Crippen molar-refractivity contribution < 1.29 is 13.2 Å². The first-order valence-electron chi connectivity index (χ1n) is 8.83. The summed E-state index contributed by atoms with van der Waals surface area (Å²) in [6, 6.07) is 14.2. The molecule has 7 nitrogen and oxygen atoms in total. The number of nitrogens with one attached hydrogen (secondary N) is 1. The average molecular weight is 477 g/mol. The zero-order chi connectivity index (χ0) is 21.0. The second-order valence-electron chi connectivity index (χ2n) is 6.59. The Kier molecular flexibility index (Phi) is 6.51. The first-order chi connectivity index (χ1) is 13.8. The fourth-order valence-corrected chi connectivity index (χ4v) is 4.61. The predicted octanol–water partition coefficient (Wildman–Crippen LogP) is 2.87. The normalized spacial score (nSPS) is 11.6. The third-order valence-corrected chi connectivity index (χ3v) is 7.21. The highest BCUT2D eigenvalue weighted by Gasteiger charge is 2.22. The Hall–Kier alpha value is -2.49. The molecule has 0 saturated heterocycles. The van der Waals surface area contributed by atoms with E-state index in [1.165, 1.54) is 20.2 Å². The van der Waals surface area contributed by atoms with Crippen molar-refractivity contribution in [2.24, 2.45) is 0 Å². The summed E-state index contributed by atoms with van der Waals surface area (Å²) in [7, 11) is -0.771. The van der Waals surface area contributed by atoms with E-state index in [0.717, 1.165) is 15.4 Å². The van der Waals surface area contributed by atoms with E-state index in [4.69, 9.17) is 0 Å². The summed E-state index contributed by atoms with van der Waals surface area (Å²) in [5.74, 6) is -0.346. The van der Waals surface area contributed by atoms with E-state index in [2.05, 4.69) is 26.3 Å². The lowest BCUT2D eigenvalue weighted by molar-refractivity contribution is 0.0950. The van der Waals surface area contributed by atoms with Gasteiger partial charge in [0.25, 0.3) is 5.91 Å². The third-order valence-electron chi connectivity index (χ3n) is 4.40. The molecule has 0 unspecified atom stereocenters. The maximum Gasteiger partial charge on any atom is 0.251 e. The smallest absolute Gasteiger partial charge is 0.251 e. The Morgan fingerprint density at radius 2 is 1.86 bits per heavy atom. The fraction of sp³-hybridized carbons (Fsp3) is 0.200. The zero-order valence-corrected chi connectivity index (χ0v) is 18.4. The molecule has 3 aromatic rings. The van der Waals surface area contributed by atoms with E-state index in [1.54, 1.807) is 18.3 Å². The van der Waals surface area contributed by atoms with E-state index in [-0.39, 0.29) is 16.4 Å². The number of benzene rings is 2. The lowest BCUT2D eigenvalue weighted by Gasteiger charge is -2.14. The third kappa shape index (κ3) is 4.92. The molecule has 1 N–H and O–H groups in total. The number of carbonyl (C=O) groups excluding carboxylic acids is 1. The first kappa shape index (κ1) is 21.2. The molecule has 0 atom stereocenters. The average Bonchev–Trinajstić information content (AvgIpc) is 3.20. The van der Waals surface area contributed by atoms with Crippen LogP contribution >= 0.6 is 15.9 Å². The molecule has 9 heteroatoms. The van der Waals surface area contributed by atoms with Gasteiger partial charge in [0.2, 0.25) is 10.0 Å². The van der Waals surface area contributed by atoms with Gasteiger partial charge in [0.05, 0.1) is 11.4 Å². The van der Waals surface area contributed by atoms with Crippen LogP contribution in [0.5, 0.6) is 0 Å². The van der Waals surface area contributed by atoms with Gasteiger partial charge in [-0.25, -0.2) is 12.7 Å². The van der Waals surface area contributed by atoms with Crippen LogP contribution in [0.1, 0.15) is 21.5 Å². The zero-order valence-electron chi connectivity index (χ0n) is 16.0. The summed E-state index contributed by atoms with van der Waals surface area (Å²) in [4.78, 5) is 12.7. The number of rotatable bonds is 7. The Bertz CT molecular complexity index is 1110. The molecule has 152 valence electrons. The van der Waals surface area contributed by atoms with Crippen molar-refractivity contribution in [2.75, 3.05) is 14.1 Å². The van der Waals surface area contributed by atoms with Crippen molar-refractivity contribution in [3.05, 3.63) is 82.1 Å². The van der Waals surface area contributed by atoms with E-state index in [9.17, 15) is 13.2 Å². The molecule has 0 fully saturated rings. The van der Waals surface area contributed by atoms with Crippen LogP contribution in [0, 0.1) is 0 Å². The van der Waals surface area contributed by atoms with Gasteiger partial charge < -0.3 is 5.32 Å². The molecule has 29 heavy (non-hydrogen) atoms. The van der Waals surface area contributed by atoms with E-state index < -0.39 is 10.0 Å². The molecule has 0 aliphatic heterocycles. The number of carbonyl (C=O) groups is 1. The largest absolute Gasteiger partial charge is 0.348 e. The van der Waals surface area contributed by atoms with Crippen molar-refractivity contribution >= 4 is 31.9 Å². The number of amides is 1. The number of hydrogen-bond acceptors (Lipinski definition) is 4. The topological polar surface area (TPSA) is 84.3 Å². The Balaban J connectivity index is 1.77. The van der Waals surface area contributed by atoms with Crippen LogP contribution in [0.25, 0.3) is 0 Å².